The summed E-state index contributed by atoms with van der Waals surface area (Å²) in [5, 5.41) is 0.613. The average Bonchev–Trinajstić information content (AvgIpc) is 2.35. The standard InChI is InChI=1S/C12H7F2NOS/c13-10-3-2-9(5-11(10)14)17-12-4-1-8(7-16)6-15-12/h1-7H. The van der Waals surface area contributed by atoms with Gasteiger partial charge in [0.1, 0.15) is 5.03 Å². The molecular weight excluding hydrogens is 244 g/mol. The molecule has 1 heterocycles. The fraction of sp³-hybridized carbons (Fsp3) is 0. The molecule has 0 aliphatic heterocycles. The van der Waals surface area contributed by atoms with Gasteiger partial charge in [0.25, 0.3) is 0 Å². The van der Waals surface area contributed by atoms with E-state index in [2.05, 4.69) is 4.98 Å². The molecule has 2 aromatic rings. The fourth-order valence-corrected chi connectivity index (χ4v) is 1.96. The molecule has 0 saturated heterocycles. The Bertz CT molecular complexity index is 543. The van der Waals surface area contributed by atoms with Gasteiger partial charge in [-0.3, -0.25) is 4.79 Å². The van der Waals surface area contributed by atoms with Crippen molar-refractivity contribution in [2.75, 3.05) is 0 Å². The molecule has 0 unspecified atom stereocenters. The lowest BCUT2D eigenvalue weighted by molar-refractivity contribution is 0.112. The van der Waals surface area contributed by atoms with Crippen LogP contribution in [0.1, 0.15) is 10.4 Å². The summed E-state index contributed by atoms with van der Waals surface area (Å²) in [4.78, 5) is 15.0. The first-order valence-corrected chi connectivity index (χ1v) is 5.55. The van der Waals surface area contributed by atoms with Crippen LogP contribution in [-0.4, -0.2) is 11.3 Å². The Morgan fingerprint density at radius 2 is 1.94 bits per heavy atom. The summed E-state index contributed by atoms with van der Waals surface area (Å²) in [5.41, 5.74) is 0.472. The van der Waals surface area contributed by atoms with E-state index in [9.17, 15) is 13.6 Å². The molecule has 0 amide bonds. The van der Waals surface area contributed by atoms with Gasteiger partial charge in [0.05, 0.1) is 0 Å². The third kappa shape index (κ3) is 2.88. The van der Waals surface area contributed by atoms with Gasteiger partial charge in [0, 0.05) is 16.7 Å². The van der Waals surface area contributed by atoms with Gasteiger partial charge in [-0.2, -0.15) is 0 Å². The first-order valence-electron chi connectivity index (χ1n) is 4.73. The highest BCUT2D eigenvalue weighted by Gasteiger charge is 2.04. The quantitative estimate of drug-likeness (QED) is 0.784. The second-order valence-corrected chi connectivity index (χ2v) is 4.32. The van der Waals surface area contributed by atoms with Crippen LogP contribution >= 0.6 is 11.8 Å². The van der Waals surface area contributed by atoms with E-state index in [1.807, 2.05) is 0 Å². The number of halogens is 2. The van der Waals surface area contributed by atoms with Crippen LogP contribution in [0.3, 0.4) is 0 Å². The number of carbonyl (C=O) groups is 1. The lowest BCUT2D eigenvalue weighted by Crippen LogP contribution is -1.86. The first-order chi connectivity index (χ1) is 8.19. The number of nitrogens with zero attached hydrogens (tertiary/aromatic N) is 1. The van der Waals surface area contributed by atoms with Crippen LogP contribution in [-0.2, 0) is 0 Å². The van der Waals surface area contributed by atoms with Gasteiger partial charge in [-0.15, -0.1) is 0 Å². The molecule has 0 saturated carbocycles. The zero-order chi connectivity index (χ0) is 12.3. The normalized spacial score (nSPS) is 10.2. The molecular formula is C12H7F2NOS. The molecule has 0 radical (unpaired) electrons. The second kappa shape index (κ2) is 5.05. The molecule has 17 heavy (non-hydrogen) atoms. The third-order valence-corrected chi connectivity index (χ3v) is 2.95. The Labute approximate surface area is 101 Å². The van der Waals surface area contributed by atoms with Crippen molar-refractivity contribution >= 4 is 18.0 Å². The zero-order valence-corrected chi connectivity index (χ0v) is 9.38. The summed E-state index contributed by atoms with van der Waals surface area (Å²) in [6.45, 7) is 0. The van der Waals surface area contributed by atoms with Crippen LogP contribution in [0, 0.1) is 11.6 Å². The minimum absolute atomic E-state index is 0.472. The van der Waals surface area contributed by atoms with Crippen LogP contribution in [0.15, 0.2) is 46.5 Å². The number of aldehydes is 1. The van der Waals surface area contributed by atoms with Gasteiger partial charge in [-0.05, 0) is 30.3 Å². The summed E-state index contributed by atoms with van der Waals surface area (Å²) in [6, 6.07) is 6.91. The maximum atomic E-state index is 12.9. The fourth-order valence-electron chi connectivity index (χ4n) is 1.18. The molecule has 0 fully saturated rings. The number of carbonyl (C=O) groups excluding carboxylic acids is 1. The topological polar surface area (TPSA) is 30.0 Å². The highest BCUT2D eigenvalue weighted by Crippen LogP contribution is 2.26. The van der Waals surface area contributed by atoms with Crippen molar-refractivity contribution in [2.45, 2.75) is 9.92 Å². The molecule has 2 nitrogen and oxygen atoms in total. The van der Waals surface area contributed by atoms with Gasteiger partial charge in [-0.1, -0.05) is 11.8 Å². The Kier molecular flexibility index (Phi) is 3.49. The molecule has 2 rings (SSSR count). The molecule has 1 aromatic carbocycles. The number of aromatic nitrogens is 1. The van der Waals surface area contributed by atoms with Gasteiger partial charge < -0.3 is 0 Å². The number of hydrogen-bond acceptors (Lipinski definition) is 3. The summed E-state index contributed by atoms with van der Waals surface area (Å²) in [6.07, 6.45) is 2.12. The molecule has 0 aliphatic carbocycles. The van der Waals surface area contributed by atoms with Crippen molar-refractivity contribution in [1.29, 1.82) is 0 Å². The molecule has 0 aliphatic rings. The second-order valence-electron chi connectivity index (χ2n) is 3.23. The van der Waals surface area contributed by atoms with E-state index in [1.165, 1.54) is 24.0 Å². The lowest BCUT2D eigenvalue weighted by atomic mass is 10.3. The highest BCUT2D eigenvalue weighted by molar-refractivity contribution is 7.99. The molecule has 86 valence electrons. The van der Waals surface area contributed by atoms with Crippen LogP contribution in [0.5, 0.6) is 0 Å². The third-order valence-electron chi connectivity index (χ3n) is 2.01. The van der Waals surface area contributed by atoms with Crippen molar-refractivity contribution < 1.29 is 13.6 Å². The van der Waals surface area contributed by atoms with Gasteiger partial charge in [0.2, 0.25) is 0 Å². The largest absolute Gasteiger partial charge is 0.298 e. The molecule has 0 atom stereocenters. The van der Waals surface area contributed by atoms with Crippen LogP contribution in [0.25, 0.3) is 0 Å². The maximum Gasteiger partial charge on any atom is 0.159 e. The van der Waals surface area contributed by atoms with Crippen molar-refractivity contribution in [3.8, 4) is 0 Å². The number of hydrogen-bond donors (Lipinski definition) is 0. The smallest absolute Gasteiger partial charge is 0.159 e. The summed E-state index contributed by atoms with van der Waals surface area (Å²) in [5.74, 6) is -1.77. The number of rotatable bonds is 3. The lowest BCUT2D eigenvalue weighted by Gasteiger charge is -2.01. The van der Waals surface area contributed by atoms with Crippen LogP contribution < -0.4 is 0 Å². The van der Waals surface area contributed by atoms with Gasteiger partial charge in [-0.25, -0.2) is 13.8 Å². The first kappa shape index (κ1) is 11.7. The molecule has 0 spiro atoms. The minimum Gasteiger partial charge on any atom is -0.298 e. The molecule has 0 N–H and O–H groups in total. The summed E-state index contributed by atoms with van der Waals surface area (Å²) < 4.78 is 25.6. The Hall–Kier alpha value is -1.75. The highest BCUT2D eigenvalue weighted by atomic mass is 32.2. The predicted octanol–water partition coefficient (Wildman–Crippen LogP) is 3.32. The van der Waals surface area contributed by atoms with Crippen molar-refractivity contribution in [2.24, 2.45) is 0 Å². The average molecular weight is 251 g/mol. The van der Waals surface area contributed by atoms with Crippen molar-refractivity contribution in [3.63, 3.8) is 0 Å². The van der Waals surface area contributed by atoms with Gasteiger partial charge in [0.15, 0.2) is 17.9 Å². The van der Waals surface area contributed by atoms with E-state index in [0.717, 1.165) is 12.1 Å². The van der Waals surface area contributed by atoms with Crippen molar-refractivity contribution in [1.82, 2.24) is 4.98 Å². The van der Waals surface area contributed by atoms with E-state index in [1.54, 1.807) is 12.1 Å². The van der Waals surface area contributed by atoms with E-state index >= 15 is 0 Å². The Balaban J connectivity index is 2.19. The SMILES string of the molecule is O=Cc1ccc(Sc2ccc(F)c(F)c2)nc1. The van der Waals surface area contributed by atoms with E-state index < -0.39 is 11.6 Å². The van der Waals surface area contributed by atoms with Gasteiger partial charge >= 0.3 is 0 Å². The summed E-state index contributed by atoms with van der Waals surface area (Å²) in [7, 11) is 0. The maximum absolute atomic E-state index is 12.9. The van der Waals surface area contributed by atoms with Crippen molar-refractivity contribution in [3.05, 3.63) is 53.7 Å². The summed E-state index contributed by atoms with van der Waals surface area (Å²) >= 11 is 1.20. The van der Waals surface area contributed by atoms with Crippen LogP contribution in [0.2, 0.25) is 0 Å². The Morgan fingerprint density at radius 1 is 1.12 bits per heavy atom. The van der Waals surface area contributed by atoms with E-state index in [0.29, 0.717) is 21.8 Å². The number of benzene rings is 1. The number of pyridine rings is 1. The zero-order valence-electron chi connectivity index (χ0n) is 8.56. The molecule has 5 heteroatoms. The predicted molar refractivity (Wildman–Crippen MR) is 60.1 cm³/mol. The minimum atomic E-state index is -0.889. The van der Waals surface area contributed by atoms with E-state index in [-0.39, 0.29) is 0 Å². The van der Waals surface area contributed by atoms with Crippen LogP contribution in [0.4, 0.5) is 8.78 Å². The monoisotopic (exact) mass is 251 g/mol. The molecule has 0 bridgehead atoms. The van der Waals surface area contributed by atoms with E-state index in [4.69, 9.17) is 0 Å². The Morgan fingerprint density at radius 3 is 2.53 bits per heavy atom. The molecule has 1 aromatic heterocycles.